The first-order valence-corrected chi connectivity index (χ1v) is 8.89. The van der Waals surface area contributed by atoms with E-state index < -0.39 is 0 Å². The van der Waals surface area contributed by atoms with Crippen LogP contribution in [0.5, 0.6) is 0 Å². The number of aromatic amines is 1. The fourth-order valence-electron chi connectivity index (χ4n) is 2.76. The van der Waals surface area contributed by atoms with Crippen LogP contribution in [0.15, 0.2) is 36.8 Å². The molecule has 0 aliphatic heterocycles. The molecule has 4 N–H and O–H groups in total. The summed E-state index contributed by atoms with van der Waals surface area (Å²) >= 11 is 12.8. The first-order chi connectivity index (χ1) is 13.0. The van der Waals surface area contributed by atoms with Gasteiger partial charge in [-0.2, -0.15) is 0 Å². The van der Waals surface area contributed by atoms with Gasteiger partial charge in [-0.05, 0) is 30.7 Å². The Labute approximate surface area is 165 Å². The number of aromatic nitrogens is 5. The van der Waals surface area contributed by atoms with E-state index in [4.69, 9.17) is 28.9 Å². The van der Waals surface area contributed by atoms with Crippen molar-refractivity contribution in [3.63, 3.8) is 0 Å². The predicted molar refractivity (Wildman–Crippen MR) is 107 cm³/mol. The number of aryl methyl sites for hydroxylation is 1. The number of nitrogens with two attached hydrogens (primary N) is 1. The van der Waals surface area contributed by atoms with Gasteiger partial charge in [0.2, 0.25) is 0 Å². The van der Waals surface area contributed by atoms with E-state index in [0.29, 0.717) is 45.1 Å². The second-order valence-corrected chi connectivity index (χ2v) is 6.76. The SMILES string of the molecule is Cc1cc(Nc2nccc3[nH]c(-c4c(Cl)cc(CN)cc4Cl)nc23)ncn1. The van der Waals surface area contributed by atoms with Gasteiger partial charge in [-0.3, -0.25) is 0 Å². The molecule has 7 nitrogen and oxygen atoms in total. The average molecular weight is 400 g/mol. The number of halogens is 2. The van der Waals surface area contributed by atoms with Crippen LogP contribution < -0.4 is 11.1 Å². The molecule has 0 aliphatic rings. The van der Waals surface area contributed by atoms with E-state index >= 15 is 0 Å². The zero-order valence-electron chi connectivity index (χ0n) is 14.3. The maximum atomic E-state index is 6.41. The third-order valence-electron chi connectivity index (χ3n) is 4.03. The number of imidazole rings is 1. The molecule has 0 aliphatic carbocycles. The maximum absolute atomic E-state index is 6.41. The van der Waals surface area contributed by atoms with Gasteiger partial charge < -0.3 is 16.0 Å². The van der Waals surface area contributed by atoms with Crippen molar-refractivity contribution in [2.24, 2.45) is 5.73 Å². The molecule has 3 aromatic heterocycles. The highest BCUT2D eigenvalue weighted by molar-refractivity contribution is 6.39. The van der Waals surface area contributed by atoms with Crippen LogP contribution in [-0.2, 0) is 6.54 Å². The van der Waals surface area contributed by atoms with Crippen molar-refractivity contribution in [1.82, 2.24) is 24.9 Å². The molecule has 0 unspecified atom stereocenters. The number of hydrogen-bond donors (Lipinski definition) is 3. The Kier molecular flexibility index (Phi) is 4.65. The van der Waals surface area contributed by atoms with Crippen LogP contribution in [0.25, 0.3) is 22.4 Å². The minimum atomic E-state index is 0.357. The number of anilines is 2. The first kappa shape index (κ1) is 17.7. The second kappa shape index (κ2) is 7.11. The van der Waals surface area contributed by atoms with Gasteiger partial charge in [0.1, 0.15) is 23.5 Å². The number of H-pyrrole nitrogens is 1. The third-order valence-corrected chi connectivity index (χ3v) is 4.62. The van der Waals surface area contributed by atoms with Gasteiger partial charge >= 0.3 is 0 Å². The minimum absolute atomic E-state index is 0.357. The Morgan fingerprint density at radius 2 is 1.89 bits per heavy atom. The van der Waals surface area contributed by atoms with Gasteiger partial charge in [-0.25, -0.2) is 19.9 Å². The number of pyridine rings is 1. The van der Waals surface area contributed by atoms with E-state index in [1.165, 1.54) is 6.33 Å². The molecule has 9 heteroatoms. The van der Waals surface area contributed by atoms with Crippen LogP contribution in [0.4, 0.5) is 11.6 Å². The molecule has 0 bridgehead atoms. The van der Waals surface area contributed by atoms with E-state index in [1.807, 2.05) is 19.1 Å². The van der Waals surface area contributed by atoms with Crippen LogP contribution in [-0.4, -0.2) is 24.9 Å². The van der Waals surface area contributed by atoms with Gasteiger partial charge in [-0.15, -0.1) is 0 Å². The van der Waals surface area contributed by atoms with E-state index in [1.54, 1.807) is 18.3 Å². The van der Waals surface area contributed by atoms with Gasteiger partial charge in [0.25, 0.3) is 0 Å². The van der Waals surface area contributed by atoms with Crippen molar-refractivity contribution in [3.05, 3.63) is 58.1 Å². The lowest BCUT2D eigenvalue weighted by Gasteiger charge is -2.06. The van der Waals surface area contributed by atoms with E-state index in [-0.39, 0.29) is 0 Å². The molecule has 0 atom stereocenters. The summed E-state index contributed by atoms with van der Waals surface area (Å²) in [6, 6.07) is 7.24. The summed E-state index contributed by atoms with van der Waals surface area (Å²) < 4.78 is 0. The van der Waals surface area contributed by atoms with E-state index in [9.17, 15) is 0 Å². The molecule has 27 heavy (non-hydrogen) atoms. The molecule has 0 fully saturated rings. The van der Waals surface area contributed by atoms with Crippen LogP contribution in [0.2, 0.25) is 10.0 Å². The zero-order valence-corrected chi connectivity index (χ0v) is 15.8. The zero-order chi connectivity index (χ0) is 19.0. The first-order valence-electron chi connectivity index (χ1n) is 8.14. The van der Waals surface area contributed by atoms with Crippen LogP contribution in [0.3, 0.4) is 0 Å². The van der Waals surface area contributed by atoms with Crippen molar-refractivity contribution >= 4 is 45.9 Å². The molecule has 0 saturated heterocycles. The van der Waals surface area contributed by atoms with Gasteiger partial charge in [0, 0.05) is 24.5 Å². The lowest BCUT2D eigenvalue weighted by molar-refractivity contribution is 1.07. The summed E-state index contributed by atoms with van der Waals surface area (Å²) in [6.45, 7) is 2.25. The molecule has 3 heterocycles. The van der Waals surface area contributed by atoms with Crippen LogP contribution >= 0.6 is 23.2 Å². The maximum Gasteiger partial charge on any atom is 0.159 e. The fraction of sp³-hybridized carbons (Fsp3) is 0.111. The summed E-state index contributed by atoms with van der Waals surface area (Å²) in [7, 11) is 0. The van der Waals surface area contributed by atoms with E-state index in [2.05, 4.69) is 30.2 Å². The molecule has 0 amide bonds. The lowest BCUT2D eigenvalue weighted by Crippen LogP contribution is -1.98. The Hall–Kier alpha value is -2.74. The molecule has 4 rings (SSSR count). The normalized spacial score (nSPS) is 11.1. The fourth-order valence-corrected chi connectivity index (χ4v) is 3.47. The Morgan fingerprint density at radius 1 is 1.11 bits per heavy atom. The van der Waals surface area contributed by atoms with E-state index in [0.717, 1.165) is 16.8 Å². The summed E-state index contributed by atoms with van der Waals surface area (Å²) in [5.74, 6) is 1.76. The molecule has 0 saturated carbocycles. The largest absolute Gasteiger partial charge is 0.338 e. The highest BCUT2D eigenvalue weighted by atomic mass is 35.5. The monoisotopic (exact) mass is 399 g/mol. The van der Waals surface area contributed by atoms with Crippen molar-refractivity contribution in [2.45, 2.75) is 13.5 Å². The lowest BCUT2D eigenvalue weighted by atomic mass is 10.1. The minimum Gasteiger partial charge on any atom is -0.338 e. The van der Waals surface area contributed by atoms with Crippen LogP contribution in [0.1, 0.15) is 11.3 Å². The Morgan fingerprint density at radius 3 is 2.59 bits per heavy atom. The molecule has 1 aromatic carbocycles. The topological polar surface area (TPSA) is 105 Å². The summed E-state index contributed by atoms with van der Waals surface area (Å²) in [5, 5.41) is 4.14. The van der Waals surface area contributed by atoms with Crippen molar-refractivity contribution in [1.29, 1.82) is 0 Å². The van der Waals surface area contributed by atoms with Crippen molar-refractivity contribution in [3.8, 4) is 11.4 Å². The molecule has 0 radical (unpaired) electrons. The number of nitrogens with zero attached hydrogens (tertiary/aromatic N) is 4. The van der Waals surface area contributed by atoms with Gasteiger partial charge in [0.05, 0.1) is 21.1 Å². The molecule has 0 spiro atoms. The molecule has 136 valence electrons. The summed E-state index contributed by atoms with van der Waals surface area (Å²) in [5.41, 5.74) is 9.44. The number of hydrogen-bond acceptors (Lipinski definition) is 6. The van der Waals surface area contributed by atoms with Crippen molar-refractivity contribution < 1.29 is 0 Å². The summed E-state index contributed by atoms with van der Waals surface area (Å²) in [6.07, 6.45) is 3.17. The average Bonchev–Trinajstić information content (AvgIpc) is 3.05. The molecular formula is C18H15Cl2N7. The van der Waals surface area contributed by atoms with Crippen LogP contribution in [0, 0.1) is 6.92 Å². The quantitative estimate of drug-likeness (QED) is 0.473. The van der Waals surface area contributed by atoms with Gasteiger partial charge in [0.15, 0.2) is 5.82 Å². The third kappa shape index (κ3) is 3.44. The Bertz CT molecular complexity index is 1120. The molecular weight excluding hydrogens is 385 g/mol. The van der Waals surface area contributed by atoms with Gasteiger partial charge in [-0.1, -0.05) is 23.2 Å². The second-order valence-electron chi connectivity index (χ2n) is 5.95. The number of fused-ring (bicyclic) bond motifs is 1. The standard InChI is InChI=1S/C18H15Cl2N7/c1-9-4-14(24-8-23-9)26-18-16-13(2-3-22-18)25-17(27-16)15-11(19)5-10(7-21)6-12(15)20/h2-6,8H,7,21H2,1H3,(H,25,27)(H,22,23,24,26). The highest BCUT2D eigenvalue weighted by Crippen LogP contribution is 2.36. The highest BCUT2D eigenvalue weighted by Gasteiger charge is 2.16. The number of benzene rings is 1. The predicted octanol–water partition coefficient (Wildman–Crippen LogP) is 4.23. The Balaban J connectivity index is 1.80. The number of rotatable bonds is 4. The summed E-state index contributed by atoms with van der Waals surface area (Å²) in [4.78, 5) is 20.6. The smallest absolute Gasteiger partial charge is 0.159 e. The number of nitrogens with one attached hydrogen (secondary N) is 2. The molecule has 4 aromatic rings. The van der Waals surface area contributed by atoms with Crippen molar-refractivity contribution in [2.75, 3.05) is 5.32 Å².